The predicted molar refractivity (Wildman–Crippen MR) is 108 cm³/mol. The molecule has 0 atom stereocenters. The molecule has 6 nitrogen and oxygen atoms in total. The number of pyridine rings is 1. The zero-order valence-electron chi connectivity index (χ0n) is 16.3. The Balaban J connectivity index is 1.66. The van der Waals surface area contributed by atoms with Gasteiger partial charge in [0.2, 0.25) is 5.91 Å². The minimum absolute atomic E-state index is 0.0174. The number of benzene rings is 1. The van der Waals surface area contributed by atoms with Crippen molar-refractivity contribution in [3.63, 3.8) is 0 Å². The van der Waals surface area contributed by atoms with E-state index in [9.17, 15) is 18.0 Å². The summed E-state index contributed by atoms with van der Waals surface area (Å²) in [5.74, 6) is -3.55. The van der Waals surface area contributed by atoms with Crippen LogP contribution in [0.5, 0.6) is 0 Å². The maximum Gasteiger partial charge on any atom is 0.252 e. The van der Waals surface area contributed by atoms with Gasteiger partial charge < -0.3 is 14.7 Å². The zero-order chi connectivity index (χ0) is 21.8. The molecular weight excluding hydrogens is 407 g/mol. The average Bonchev–Trinajstić information content (AvgIpc) is 3.30. The van der Waals surface area contributed by atoms with Gasteiger partial charge in [0.1, 0.15) is 11.5 Å². The van der Waals surface area contributed by atoms with E-state index in [0.29, 0.717) is 33.9 Å². The van der Waals surface area contributed by atoms with Gasteiger partial charge in [-0.15, -0.1) is 0 Å². The topological polar surface area (TPSA) is 78.2 Å². The van der Waals surface area contributed by atoms with E-state index in [1.54, 1.807) is 45.9 Å². The van der Waals surface area contributed by atoms with Crippen LogP contribution in [0.2, 0.25) is 0 Å². The van der Waals surface area contributed by atoms with E-state index < -0.39 is 17.9 Å². The molecule has 1 aliphatic carbocycles. The van der Waals surface area contributed by atoms with E-state index in [0.717, 1.165) is 0 Å². The largest absolute Gasteiger partial charge is 0.369 e. The molecule has 9 heteroatoms. The molecular formula is C22H18F3N5O. The molecule has 2 N–H and O–H groups in total. The fourth-order valence-corrected chi connectivity index (χ4v) is 4.05. The minimum Gasteiger partial charge on any atom is -0.369 e. The van der Waals surface area contributed by atoms with Gasteiger partial charge in [0.05, 0.1) is 29.8 Å². The van der Waals surface area contributed by atoms with Crippen molar-refractivity contribution in [1.82, 2.24) is 18.9 Å². The number of aromatic nitrogens is 4. The van der Waals surface area contributed by atoms with Gasteiger partial charge in [0, 0.05) is 42.4 Å². The highest BCUT2D eigenvalue weighted by molar-refractivity contribution is 5.80. The summed E-state index contributed by atoms with van der Waals surface area (Å²) in [6.07, 6.45) is 4.41. The van der Waals surface area contributed by atoms with Crippen LogP contribution >= 0.6 is 0 Å². The number of rotatable bonds is 5. The lowest BCUT2D eigenvalue weighted by atomic mass is 9.87. The number of fused-ring (bicyclic) bond motifs is 1. The summed E-state index contributed by atoms with van der Waals surface area (Å²) in [4.78, 5) is 20.2. The molecule has 1 aromatic carbocycles. The molecule has 31 heavy (non-hydrogen) atoms. The molecule has 1 amide bonds. The highest BCUT2D eigenvalue weighted by Gasteiger charge is 2.47. The lowest BCUT2D eigenvalue weighted by Gasteiger charge is -2.36. The second-order valence-electron chi connectivity index (χ2n) is 7.81. The molecule has 5 rings (SSSR count). The van der Waals surface area contributed by atoms with Crippen LogP contribution in [0.4, 0.5) is 13.2 Å². The minimum atomic E-state index is -2.69. The van der Waals surface area contributed by atoms with Crippen LogP contribution in [0, 0.1) is 5.82 Å². The van der Waals surface area contributed by atoms with Crippen molar-refractivity contribution in [1.29, 1.82) is 0 Å². The van der Waals surface area contributed by atoms with Gasteiger partial charge in [-0.3, -0.25) is 4.79 Å². The van der Waals surface area contributed by atoms with E-state index in [2.05, 4.69) is 9.97 Å². The molecule has 1 fully saturated rings. The molecule has 4 aromatic rings. The number of amides is 1. The summed E-state index contributed by atoms with van der Waals surface area (Å²) in [6.45, 7) is 0. The van der Waals surface area contributed by atoms with Crippen LogP contribution in [-0.4, -0.2) is 30.8 Å². The molecule has 3 heterocycles. The summed E-state index contributed by atoms with van der Waals surface area (Å²) >= 11 is 0. The van der Waals surface area contributed by atoms with Crippen molar-refractivity contribution < 1.29 is 18.0 Å². The highest BCUT2D eigenvalue weighted by Crippen LogP contribution is 2.48. The highest BCUT2D eigenvalue weighted by atomic mass is 19.3. The number of hydrogen-bond donors (Lipinski definition) is 1. The number of alkyl halides is 2. The molecule has 0 radical (unpaired) electrons. The van der Waals surface area contributed by atoms with Crippen LogP contribution < -0.4 is 5.73 Å². The Kier molecular flexibility index (Phi) is 4.35. The van der Waals surface area contributed by atoms with E-state index in [1.807, 2.05) is 6.07 Å². The van der Waals surface area contributed by atoms with Crippen LogP contribution in [0.15, 0.2) is 55.1 Å². The summed E-state index contributed by atoms with van der Waals surface area (Å²) < 4.78 is 44.1. The summed E-state index contributed by atoms with van der Waals surface area (Å²) in [5.41, 5.74) is 9.18. The lowest BCUT2D eigenvalue weighted by molar-refractivity contribution is -0.117. The number of nitrogens with two attached hydrogens (primary N) is 1. The molecule has 0 saturated heterocycles. The van der Waals surface area contributed by atoms with Gasteiger partial charge in [-0.05, 0) is 36.4 Å². The number of carbonyl (C=O) groups excluding carboxylic acids is 1. The molecule has 0 aliphatic heterocycles. The van der Waals surface area contributed by atoms with Crippen LogP contribution in [0.25, 0.3) is 28.2 Å². The molecule has 1 saturated carbocycles. The summed E-state index contributed by atoms with van der Waals surface area (Å²) in [5, 5.41) is 0. The van der Waals surface area contributed by atoms with Crippen molar-refractivity contribution in [3.8, 4) is 22.5 Å². The first-order valence-corrected chi connectivity index (χ1v) is 9.76. The first kappa shape index (κ1) is 19.3. The first-order valence-electron chi connectivity index (χ1n) is 9.76. The third-order valence-corrected chi connectivity index (χ3v) is 5.58. The molecule has 0 bridgehead atoms. The number of halogens is 3. The molecule has 0 spiro atoms. The van der Waals surface area contributed by atoms with Crippen LogP contribution in [0.3, 0.4) is 0 Å². The van der Waals surface area contributed by atoms with Crippen molar-refractivity contribution >= 4 is 11.6 Å². The van der Waals surface area contributed by atoms with Gasteiger partial charge in [-0.25, -0.2) is 23.1 Å². The maximum atomic E-state index is 13.6. The Morgan fingerprint density at radius 3 is 2.48 bits per heavy atom. The van der Waals surface area contributed by atoms with Crippen LogP contribution in [0.1, 0.15) is 24.6 Å². The van der Waals surface area contributed by atoms with E-state index in [1.165, 1.54) is 12.1 Å². The fraction of sp³-hybridized carbons (Fsp3) is 0.227. The normalized spacial score (nSPS) is 15.8. The quantitative estimate of drug-likeness (QED) is 0.525. The number of nitrogens with zero attached hydrogens (tertiary/aromatic N) is 4. The van der Waals surface area contributed by atoms with Gasteiger partial charge in [0.15, 0.2) is 0 Å². The summed E-state index contributed by atoms with van der Waals surface area (Å²) in [7, 11) is 0. The Labute approximate surface area is 175 Å². The van der Waals surface area contributed by atoms with Gasteiger partial charge in [-0.2, -0.15) is 0 Å². The van der Waals surface area contributed by atoms with Gasteiger partial charge in [-0.1, -0.05) is 0 Å². The van der Waals surface area contributed by atoms with Crippen molar-refractivity contribution in [3.05, 3.63) is 66.6 Å². The number of carbonyl (C=O) groups is 1. The molecule has 3 aromatic heterocycles. The van der Waals surface area contributed by atoms with Gasteiger partial charge in [0.25, 0.3) is 5.92 Å². The third kappa shape index (κ3) is 3.45. The van der Waals surface area contributed by atoms with E-state index >= 15 is 0 Å². The van der Waals surface area contributed by atoms with Crippen molar-refractivity contribution in [2.45, 2.75) is 31.2 Å². The molecule has 158 valence electrons. The Morgan fingerprint density at radius 2 is 1.81 bits per heavy atom. The van der Waals surface area contributed by atoms with E-state index in [4.69, 9.17) is 5.73 Å². The Bertz CT molecular complexity index is 1280. The zero-order valence-corrected chi connectivity index (χ0v) is 16.3. The van der Waals surface area contributed by atoms with Crippen LogP contribution in [-0.2, 0) is 11.2 Å². The second-order valence-corrected chi connectivity index (χ2v) is 7.81. The SMILES string of the molecule is NC(=O)Cc1cnc2ccc(-c3c(-c4ccc(F)cc4)ncn3C3CC(F)(F)C3)cn12. The van der Waals surface area contributed by atoms with E-state index in [-0.39, 0.29) is 25.1 Å². The molecule has 0 unspecified atom stereocenters. The van der Waals surface area contributed by atoms with Gasteiger partial charge >= 0.3 is 0 Å². The Morgan fingerprint density at radius 1 is 1.10 bits per heavy atom. The monoisotopic (exact) mass is 425 g/mol. The van der Waals surface area contributed by atoms with Crippen molar-refractivity contribution in [2.24, 2.45) is 5.73 Å². The first-order chi connectivity index (χ1) is 14.8. The fourth-order valence-electron chi connectivity index (χ4n) is 4.05. The average molecular weight is 425 g/mol. The number of hydrogen-bond acceptors (Lipinski definition) is 3. The summed E-state index contributed by atoms with van der Waals surface area (Å²) in [6, 6.07) is 9.09. The predicted octanol–water partition coefficient (Wildman–Crippen LogP) is 4.00. The van der Waals surface area contributed by atoms with Crippen molar-refractivity contribution in [2.75, 3.05) is 0 Å². The number of primary amides is 1. The third-order valence-electron chi connectivity index (χ3n) is 5.58. The second kappa shape index (κ2) is 6.97. The lowest BCUT2D eigenvalue weighted by Crippen LogP contribution is -2.37. The smallest absolute Gasteiger partial charge is 0.252 e. The molecule has 1 aliphatic rings. The Hall–Kier alpha value is -3.62. The standard InChI is InChI=1S/C22H18F3N5O/c23-15-4-1-13(2-5-15)20-21(30(12-28-20)17-8-22(24,25)9-17)14-3-6-19-27-10-16(7-18(26)31)29(19)11-14/h1-6,10-12,17H,7-9H2,(H2,26,31). The maximum absolute atomic E-state index is 13.6. The number of imidazole rings is 2.